The zero-order valence-corrected chi connectivity index (χ0v) is 17.7. The molecule has 8 heteroatoms. The van der Waals surface area contributed by atoms with Gasteiger partial charge in [-0.2, -0.15) is 0 Å². The van der Waals surface area contributed by atoms with Crippen LogP contribution in [0.25, 0.3) is 16.5 Å². The lowest BCUT2D eigenvalue weighted by atomic mass is 10.0. The van der Waals surface area contributed by atoms with Crippen molar-refractivity contribution in [3.05, 3.63) is 87.3 Å². The Hall–Kier alpha value is -3.81. The van der Waals surface area contributed by atoms with Crippen molar-refractivity contribution in [2.75, 3.05) is 6.54 Å². The number of hydrogen-bond donors (Lipinski definition) is 3. The highest BCUT2D eigenvalue weighted by Crippen LogP contribution is 2.21. The molecule has 0 unspecified atom stereocenters. The number of fused-ring (bicyclic) bond motifs is 1. The quantitative estimate of drug-likeness (QED) is 0.457. The first kappa shape index (κ1) is 22.9. The van der Waals surface area contributed by atoms with Crippen molar-refractivity contribution in [2.24, 2.45) is 5.92 Å². The van der Waals surface area contributed by atoms with E-state index in [0.717, 1.165) is 18.5 Å². The summed E-state index contributed by atoms with van der Waals surface area (Å²) in [6, 6.07) is 8.41. The molecule has 1 heterocycles. The van der Waals surface area contributed by atoms with Crippen molar-refractivity contribution >= 4 is 28.7 Å². The Morgan fingerprint density at radius 2 is 1.97 bits per heavy atom. The Morgan fingerprint density at radius 1 is 1.22 bits per heavy atom. The molecular weight excluding hydrogens is 416 g/mol. The van der Waals surface area contributed by atoms with E-state index in [0.29, 0.717) is 23.6 Å². The summed E-state index contributed by atoms with van der Waals surface area (Å²) in [5.74, 6) is -2.49. The summed E-state index contributed by atoms with van der Waals surface area (Å²) in [7, 11) is 0. The highest BCUT2D eigenvalue weighted by molar-refractivity contribution is 6.08. The van der Waals surface area contributed by atoms with E-state index in [-0.39, 0.29) is 23.0 Å². The SMILES string of the molecule is CC(C)CN/C=C(\C=N)c1ccc(Cn2cc(C(=O)O)c(=O)c3c(F)cccc32)c(F)c1. The number of hydrogen-bond acceptors (Lipinski definition) is 4. The zero-order valence-electron chi connectivity index (χ0n) is 17.7. The number of aromatic nitrogens is 1. The average Bonchev–Trinajstić information content (AvgIpc) is 2.74. The van der Waals surface area contributed by atoms with E-state index in [9.17, 15) is 23.5 Å². The van der Waals surface area contributed by atoms with Crippen molar-refractivity contribution in [1.29, 1.82) is 5.41 Å². The second-order valence-corrected chi connectivity index (χ2v) is 7.79. The predicted octanol–water partition coefficient (Wildman–Crippen LogP) is 4.26. The van der Waals surface area contributed by atoms with Crippen molar-refractivity contribution in [3.63, 3.8) is 0 Å². The molecule has 0 spiro atoms. The van der Waals surface area contributed by atoms with Gasteiger partial charge in [0.15, 0.2) is 0 Å². The maximum absolute atomic E-state index is 14.9. The molecule has 3 N–H and O–H groups in total. The molecule has 0 atom stereocenters. The molecule has 0 saturated carbocycles. The highest BCUT2D eigenvalue weighted by atomic mass is 19.1. The third-order valence-electron chi connectivity index (χ3n) is 4.95. The summed E-state index contributed by atoms with van der Waals surface area (Å²) in [6.07, 6.45) is 3.87. The Bertz CT molecular complexity index is 1280. The fourth-order valence-electron chi connectivity index (χ4n) is 3.33. The van der Waals surface area contributed by atoms with Crippen LogP contribution in [0.5, 0.6) is 0 Å². The fourth-order valence-corrected chi connectivity index (χ4v) is 3.33. The molecule has 32 heavy (non-hydrogen) atoms. The summed E-state index contributed by atoms with van der Waals surface area (Å²) < 4.78 is 30.6. The van der Waals surface area contributed by atoms with Gasteiger partial charge in [-0.15, -0.1) is 0 Å². The molecule has 0 fully saturated rings. The van der Waals surface area contributed by atoms with E-state index in [2.05, 4.69) is 5.32 Å². The summed E-state index contributed by atoms with van der Waals surface area (Å²) in [6.45, 7) is 4.69. The minimum absolute atomic E-state index is 0.109. The van der Waals surface area contributed by atoms with E-state index in [1.807, 2.05) is 13.8 Å². The molecule has 0 saturated heterocycles. The Morgan fingerprint density at radius 3 is 2.59 bits per heavy atom. The van der Waals surface area contributed by atoms with Gasteiger partial charge in [0, 0.05) is 36.3 Å². The number of benzene rings is 2. The molecule has 0 amide bonds. The first-order valence-electron chi connectivity index (χ1n) is 10.0. The molecule has 0 aliphatic heterocycles. The largest absolute Gasteiger partial charge is 0.477 e. The van der Waals surface area contributed by atoms with E-state index in [1.54, 1.807) is 12.3 Å². The predicted molar refractivity (Wildman–Crippen MR) is 120 cm³/mol. The molecule has 2 aromatic carbocycles. The summed E-state index contributed by atoms with van der Waals surface area (Å²) >= 11 is 0. The lowest BCUT2D eigenvalue weighted by molar-refractivity contribution is 0.0695. The topological polar surface area (TPSA) is 95.2 Å². The third-order valence-corrected chi connectivity index (χ3v) is 4.95. The molecule has 3 rings (SSSR count). The van der Waals surface area contributed by atoms with Gasteiger partial charge in [0.05, 0.1) is 17.4 Å². The molecule has 166 valence electrons. The number of carboxylic acids is 1. The maximum Gasteiger partial charge on any atom is 0.341 e. The Kier molecular flexibility index (Phi) is 6.82. The van der Waals surface area contributed by atoms with Crippen LogP contribution in [-0.4, -0.2) is 28.4 Å². The smallest absolute Gasteiger partial charge is 0.341 e. The normalized spacial score (nSPS) is 11.7. The van der Waals surface area contributed by atoms with Gasteiger partial charge in [-0.3, -0.25) is 4.79 Å². The van der Waals surface area contributed by atoms with Crippen molar-refractivity contribution < 1.29 is 18.7 Å². The van der Waals surface area contributed by atoms with Crippen LogP contribution in [0.2, 0.25) is 0 Å². The van der Waals surface area contributed by atoms with Gasteiger partial charge in [0.2, 0.25) is 5.43 Å². The second-order valence-electron chi connectivity index (χ2n) is 7.79. The number of halogens is 2. The van der Waals surface area contributed by atoms with Gasteiger partial charge in [0.1, 0.15) is 17.2 Å². The summed E-state index contributed by atoms with van der Waals surface area (Å²) in [5, 5.41) is 19.7. The van der Waals surface area contributed by atoms with E-state index < -0.39 is 28.6 Å². The molecule has 0 radical (unpaired) electrons. The van der Waals surface area contributed by atoms with Crippen LogP contribution in [0.1, 0.15) is 35.3 Å². The number of carboxylic acid groups (broad SMARTS) is 1. The number of allylic oxidation sites excluding steroid dienone is 1. The number of rotatable bonds is 8. The van der Waals surface area contributed by atoms with Gasteiger partial charge in [-0.25, -0.2) is 13.6 Å². The van der Waals surface area contributed by atoms with Gasteiger partial charge in [-0.05, 0) is 29.7 Å². The molecule has 1 aromatic heterocycles. The first-order valence-corrected chi connectivity index (χ1v) is 10.0. The lowest BCUT2D eigenvalue weighted by Crippen LogP contribution is -2.20. The van der Waals surface area contributed by atoms with Crippen LogP contribution in [0, 0.1) is 23.0 Å². The molecule has 0 aliphatic rings. The summed E-state index contributed by atoms with van der Waals surface area (Å²) in [4.78, 5) is 23.9. The van der Waals surface area contributed by atoms with Gasteiger partial charge in [-0.1, -0.05) is 32.0 Å². The van der Waals surface area contributed by atoms with Crippen LogP contribution in [-0.2, 0) is 6.54 Å². The van der Waals surface area contributed by atoms with Gasteiger partial charge in [0.25, 0.3) is 0 Å². The zero-order chi connectivity index (χ0) is 23.4. The van der Waals surface area contributed by atoms with Crippen molar-refractivity contribution in [1.82, 2.24) is 9.88 Å². The van der Waals surface area contributed by atoms with Crippen LogP contribution in [0.15, 0.2) is 53.6 Å². The van der Waals surface area contributed by atoms with Gasteiger partial charge < -0.3 is 20.4 Å². The Labute approximate surface area is 183 Å². The molecule has 0 aliphatic carbocycles. The molecule has 6 nitrogen and oxygen atoms in total. The monoisotopic (exact) mass is 439 g/mol. The standard InChI is InChI=1S/C24H23F2N3O3/c1-14(2)10-28-11-17(9-27)15-6-7-16(20(26)8-15)12-29-13-18(24(31)32)23(30)22-19(25)4-3-5-21(22)29/h3-9,11,13-14,27-28H,10,12H2,1-2H3,(H,31,32)/b17-11+,27-9?. The summed E-state index contributed by atoms with van der Waals surface area (Å²) in [5.41, 5.74) is -0.128. The number of nitrogens with one attached hydrogen (secondary N) is 2. The van der Waals surface area contributed by atoms with Gasteiger partial charge >= 0.3 is 5.97 Å². The Balaban J connectivity index is 2.02. The minimum atomic E-state index is -1.49. The molecule has 3 aromatic rings. The maximum atomic E-state index is 14.9. The number of pyridine rings is 1. The van der Waals surface area contributed by atoms with Crippen molar-refractivity contribution in [2.45, 2.75) is 20.4 Å². The van der Waals surface area contributed by atoms with Crippen LogP contribution in [0.4, 0.5) is 8.78 Å². The van der Waals surface area contributed by atoms with Crippen LogP contribution >= 0.6 is 0 Å². The first-order chi connectivity index (χ1) is 15.2. The molecular formula is C24H23F2N3O3. The fraction of sp³-hybridized carbons (Fsp3) is 0.208. The van der Waals surface area contributed by atoms with E-state index in [4.69, 9.17) is 5.41 Å². The highest BCUT2D eigenvalue weighted by Gasteiger charge is 2.18. The second kappa shape index (κ2) is 9.55. The third kappa shape index (κ3) is 4.74. The van der Waals surface area contributed by atoms with E-state index in [1.165, 1.54) is 28.8 Å². The van der Waals surface area contributed by atoms with Crippen LogP contribution < -0.4 is 10.7 Å². The number of aromatic carboxylic acids is 1. The lowest BCUT2D eigenvalue weighted by Gasteiger charge is -2.14. The average molecular weight is 439 g/mol. The minimum Gasteiger partial charge on any atom is -0.477 e. The van der Waals surface area contributed by atoms with Crippen molar-refractivity contribution in [3.8, 4) is 0 Å². The van der Waals surface area contributed by atoms with E-state index >= 15 is 0 Å². The molecule has 0 bridgehead atoms. The number of carbonyl (C=O) groups is 1. The number of nitrogens with zero attached hydrogens (tertiary/aromatic N) is 1. The van der Waals surface area contributed by atoms with Crippen LogP contribution in [0.3, 0.4) is 0 Å².